The predicted octanol–water partition coefficient (Wildman–Crippen LogP) is 3.42. The Hall–Kier alpha value is -0.700. The molecule has 1 aliphatic rings. The summed E-state index contributed by atoms with van der Waals surface area (Å²) in [5.41, 5.74) is 1.64. The molecule has 86 valence electrons. The van der Waals surface area contributed by atoms with Gasteiger partial charge < -0.3 is 0 Å². The van der Waals surface area contributed by atoms with Crippen LogP contribution in [0.1, 0.15) is 24.0 Å². The molecule has 0 heterocycles. The number of hydrogen-bond donors (Lipinski definition) is 0. The molecular weight excluding hydrogens is 271 g/mol. The minimum Gasteiger partial charge on any atom is -0.298 e. The average molecular weight is 285 g/mol. The molecule has 0 spiro atoms. The molecule has 1 saturated carbocycles. The lowest BCUT2D eigenvalue weighted by atomic mass is 10.0. The van der Waals surface area contributed by atoms with Gasteiger partial charge >= 0.3 is 0 Å². The Labute approximate surface area is 103 Å². The monoisotopic (exact) mass is 284 g/mol. The zero-order valence-corrected chi connectivity index (χ0v) is 10.8. The number of benzene rings is 1. The highest BCUT2D eigenvalue weighted by atomic mass is 79.9. The highest BCUT2D eigenvalue weighted by molar-refractivity contribution is 9.10. The van der Waals surface area contributed by atoms with Gasteiger partial charge in [-0.25, -0.2) is 4.39 Å². The van der Waals surface area contributed by atoms with Crippen LogP contribution >= 0.6 is 15.9 Å². The Morgan fingerprint density at radius 3 is 2.81 bits per heavy atom. The van der Waals surface area contributed by atoms with E-state index in [2.05, 4.69) is 15.9 Å². The normalized spacial score (nSPS) is 17.2. The maximum absolute atomic E-state index is 13.1. The number of Topliss-reactive ketones (excluding diaryl/α,β-unsaturated/α-hetero) is 1. The number of ketones is 1. The van der Waals surface area contributed by atoms with E-state index in [9.17, 15) is 9.18 Å². The first kappa shape index (κ1) is 11.8. The molecular formula is C13H14BrFO. The van der Waals surface area contributed by atoms with E-state index in [-0.39, 0.29) is 16.6 Å². The van der Waals surface area contributed by atoms with Crippen LogP contribution in [0, 0.1) is 18.7 Å². The fourth-order valence-electron chi connectivity index (χ4n) is 1.76. The Kier molecular flexibility index (Phi) is 3.43. The SMILES string of the molecule is Cc1cc(CC(Br)C(=O)C2CC2)ccc1F. The molecule has 2 rings (SSSR count). The van der Waals surface area contributed by atoms with Crippen LogP contribution in [0.3, 0.4) is 0 Å². The van der Waals surface area contributed by atoms with Gasteiger partial charge in [-0.1, -0.05) is 28.1 Å². The highest BCUT2D eigenvalue weighted by Gasteiger charge is 2.33. The van der Waals surface area contributed by atoms with Crippen LogP contribution in [-0.2, 0) is 11.2 Å². The first-order valence-corrected chi connectivity index (χ1v) is 6.42. The smallest absolute Gasteiger partial charge is 0.149 e. The van der Waals surface area contributed by atoms with Gasteiger partial charge in [0.1, 0.15) is 11.6 Å². The summed E-state index contributed by atoms with van der Waals surface area (Å²) in [7, 11) is 0. The molecule has 1 aliphatic carbocycles. The standard InChI is InChI=1S/C13H14BrFO/c1-8-6-9(2-5-12(8)15)7-11(14)13(16)10-3-4-10/h2,5-6,10-11H,3-4,7H2,1H3. The van der Waals surface area contributed by atoms with E-state index in [4.69, 9.17) is 0 Å². The third-order valence-corrected chi connectivity index (χ3v) is 3.70. The largest absolute Gasteiger partial charge is 0.298 e. The molecule has 0 N–H and O–H groups in total. The molecule has 0 aliphatic heterocycles. The molecule has 1 aromatic carbocycles. The van der Waals surface area contributed by atoms with Gasteiger partial charge in [0.2, 0.25) is 0 Å². The van der Waals surface area contributed by atoms with E-state index >= 15 is 0 Å². The highest BCUT2D eigenvalue weighted by Crippen LogP contribution is 2.33. The van der Waals surface area contributed by atoms with Crippen molar-refractivity contribution in [2.24, 2.45) is 5.92 Å². The summed E-state index contributed by atoms with van der Waals surface area (Å²) in [4.78, 5) is 11.6. The molecule has 1 atom stereocenters. The van der Waals surface area contributed by atoms with Gasteiger partial charge in [-0.05, 0) is 43.4 Å². The van der Waals surface area contributed by atoms with Crippen molar-refractivity contribution in [3.63, 3.8) is 0 Å². The van der Waals surface area contributed by atoms with Gasteiger partial charge in [-0.3, -0.25) is 4.79 Å². The zero-order valence-electron chi connectivity index (χ0n) is 9.17. The molecule has 0 saturated heterocycles. The number of hydrogen-bond acceptors (Lipinski definition) is 1. The van der Waals surface area contributed by atoms with Crippen molar-refractivity contribution in [3.8, 4) is 0 Å². The van der Waals surface area contributed by atoms with E-state index in [1.165, 1.54) is 6.07 Å². The lowest BCUT2D eigenvalue weighted by molar-refractivity contribution is -0.119. The fourth-order valence-corrected chi connectivity index (χ4v) is 2.51. The van der Waals surface area contributed by atoms with E-state index in [0.717, 1.165) is 18.4 Å². The second-order valence-corrected chi connectivity index (χ2v) is 5.54. The Morgan fingerprint density at radius 2 is 2.25 bits per heavy atom. The van der Waals surface area contributed by atoms with Gasteiger partial charge in [0, 0.05) is 5.92 Å². The third-order valence-electron chi connectivity index (χ3n) is 2.93. The van der Waals surface area contributed by atoms with Crippen molar-refractivity contribution in [3.05, 3.63) is 35.1 Å². The number of halogens is 2. The maximum atomic E-state index is 13.1. The molecule has 0 aromatic heterocycles. The lowest BCUT2D eigenvalue weighted by Crippen LogP contribution is -2.18. The second kappa shape index (κ2) is 4.66. The molecule has 1 aromatic rings. The number of carbonyl (C=O) groups excluding carboxylic acids is 1. The summed E-state index contributed by atoms with van der Waals surface area (Å²) >= 11 is 3.42. The van der Waals surface area contributed by atoms with Gasteiger partial charge in [-0.2, -0.15) is 0 Å². The van der Waals surface area contributed by atoms with Crippen molar-refractivity contribution < 1.29 is 9.18 Å². The lowest BCUT2D eigenvalue weighted by Gasteiger charge is -2.09. The van der Waals surface area contributed by atoms with E-state index in [1.54, 1.807) is 13.0 Å². The molecule has 0 bridgehead atoms. The number of aryl methyl sites for hydroxylation is 1. The van der Waals surface area contributed by atoms with Gasteiger partial charge in [-0.15, -0.1) is 0 Å². The van der Waals surface area contributed by atoms with Gasteiger partial charge in [0.05, 0.1) is 4.83 Å². The van der Waals surface area contributed by atoms with E-state index in [1.807, 2.05) is 6.07 Å². The van der Waals surface area contributed by atoms with Crippen molar-refractivity contribution in [2.45, 2.75) is 31.0 Å². The van der Waals surface area contributed by atoms with Crippen molar-refractivity contribution in [2.75, 3.05) is 0 Å². The molecule has 1 fully saturated rings. The average Bonchev–Trinajstić information content (AvgIpc) is 3.06. The molecule has 1 nitrogen and oxygen atoms in total. The predicted molar refractivity (Wildman–Crippen MR) is 65.3 cm³/mol. The van der Waals surface area contributed by atoms with E-state index < -0.39 is 0 Å². The summed E-state index contributed by atoms with van der Waals surface area (Å²) < 4.78 is 13.1. The quantitative estimate of drug-likeness (QED) is 0.775. The summed E-state index contributed by atoms with van der Waals surface area (Å²) in [6.45, 7) is 1.74. The summed E-state index contributed by atoms with van der Waals surface area (Å²) in [5, 5.41) is 0. The van der Waals surface area contributed by atoms with Crippen LogP contribution in [0.4, 0.5) is 4.39 Å². The third kappa shape index (κ3) is 2.70. The minimum absolute atomic E-state index is 0.120. The fraction of sp³-hybridized carbons (Fsp3) is 0.462. The summed E-state index contributed by atoms with van der Waals surface area (Å²) in [5.74, 6) is 0.372. The first-order chi connectivity index (χ1) is 7.58. The van der Waals surface area contributed by atoms with Gasteiger partial charge in [0.15, 0.2) is 0 Å². The van der Waals surface area contributed by atoms with Crippen LogP contribution in [0.5, 0.6) is 0 Å². The Morgan fingerprint density at radius 1 is 1.56 bits per heavy atom. The van der Waals surface area contributed by atoms with Crippen LogP contribution in [0.25, 0.3) is 0 Å². The Balaban J connectivity index is 2.02. The Bertz CT molecular complexity index is 412. The molecule has 3 heteroatoms. The van der Waals surface area contributed by atoms with Crippen molar-refractivity contribution in [1.29, 1.82) is 0 Å². The van der Waals surface area contributed by atoms with Crippen molar-refractivity contribution >= 4 is 21.7 Å². The zero-order chi connectivity index (χ0) is 11.7. The van der Waals surface area contributed by atoms with Crippen LogP contribution in [0.2, 0.25) is 0 Å². The number of rotatable bonds is 4. The van der Waals surface area contributed by atoms with E-state index in [0.29, 0.717) is 17.8 Å². The molecule has 0 amide bonds. The minimum atomic E-state index is -0.191. The topological polar surface area (TPSA) is 17.1 Å². The molecule has 1 unspecified atom stereocenters. The van der Waals surface area contributed by atoms with Crippen molar-refractivity contribution in [1.82, 2.24) is 0 Å². The first-order valence-electron chi connectivity index (χ1n) is 5.51. The van der Waals surface area contributed by atoms with Crippen LogP contribution < -0.4 is 0 Å². The number of alkyl halides is 1. The van der Waals surface area contributed by atoms with Crippen LogP contribution in [-0.4, -0.2) is 10.6 Å². The number of carbonyl (C=O) groups is 1. The molecule has 16 heavy (non-hydrogen) atoms. The summed E-state index contributed by atoms with van der Waals surface area (Å²) in [6.07, 6.45) is 2.71. The second-order valence-electron chi connectivity index (χ2n) is 4.43. The molecule has 0 radical (unpaired) electrons. The summed E-state index contributed by atoms with van der Waals surface area (Å²) in [6, 6.07) is 5.02. The van der Waals surface area contributed by atoms with Crippen LogP contribution in [0.15, 0.2) is 18.2 Å². The maximum Gasteiger partial charge on any atom is 0.149 e. The van der Waals surface area contributed by atoms with Gasteiger partial charge in [0.25, 0.3) is 0 Å².